The predicted octanol–water partition coefficient (Wildman–Crippen LogP) is 3.75. The van der Waals surface area contributed by atoms with Gasteiger partial charge in [0, 0.05) is 22.7 Å². The Balaban J connectivity index is 1.70. The lowest BCUT2D eigenvalue weighted by molar-refractivity contribution is 0.340. The fourth-order valence-electron chi connectivity index (χ4n) is 2.64. The number of nitrogens with zero attached hydrogens (tertiary/aromatic N) is 1. The van der Waals surface area contributed by atoms with Crippen LogP contribution in [-0.2, 0) is 22.3 Å². The van der Waals surface area contributed by atoms with Crippen molar-refractivity contribution in [2.75, 3.05) is 6.61 Å². The zero-order valence-electron chi connectivity index (χ0n) is 14.8. The van der Waals surface area contributed by atoms with E-state index in [1.54, 1.807) is 30.5 Å². The van der Waals surface area contributed by atoms with E-state index in [1.165, 1.54) is 0 Å². The van der Waals surface area contributed by atoms with Gasteiger partial charge in [-0.2, -0.15) is 5.10 Å². The third kappa shape index (κ3) is 5.09. The van der Waals surface area contributed by atoms with E-state index in [0.29, 0.717) is 17.2 Å². The lowest BCUT2D eigenvalue weighted by Crippen LogP contribution is -2.24. The number of hydrogen-bond acceptors (Lipinski definition) is 4. The molecule has 3 rings (SSSR count). The van der Waals surface area contributed by atoms with Crippen molar-refractivity contribution in [3.8, 4) is 17.0 Å². The van der Waals surface area contributed by atoms with E-state index < -0.39 is 10.0 Å². The van der Waals surface area contributed by atoms with Gasteiger partial charge in [0.05, 0.1) is 24.3 Å². The summed E-state index contributed by atoms with van der Waals surface area (Å²) < 4.78 is 32.8. The summed E-state index contributed by atoms with van der Waals surface area (Å²) in [6, 6.07) is 14.4. The number of ether oxygens (including phenoxy) is 1. The van der Waals surface area contributed by atoms with Crippen LogP contribution in [0.4, 0.5) is 0 Å². The minimum absolute atomic E-state index is 0.131. The first-order valence-corrected chi connectivity index (χ1v) is 10.5. The van der Waals surface area contributed by atoms with Crippen LogP contribution in [0.15, 0.2) is 54.7 Å². The van der Waals surface area contributed by atoms with Crippen molar-refractivity contribution in [1.29, 1.82) is 0 Å². The van der Waals surface area contributed by atoms with Crippen LogP contribution in [0.25, 0.3) is 11.3 Å². The summed E-state index contributed by atoms with van der Waals surface area (Å²) in [4.78, 5) is 0. The molecule has 0 atom stereocenters. The number of sulfonamides is 1. The van der Waals surface area contributed by atoms with Gasteiger partial charge in [-0.1, -0.05) is 29.8 Å². The van der Waals surface area contributed by atoms with Gasteiger partial charge in [0.15, 0.2) is 0 Å². The number of halogens is 1. The highest BCUT2D eigenvalue weighted by Gasteiger charge is 2.15. The Bertz CT molecular complexity index is 1000. The fraction of sp³-hybridized carbons (Fsp3) is 0.211. The summed E-state index contributed by atoms with van der Waals surface area (Å²) in [5.74, 6) is 0.603. The molecule has 1 aromatic heterocycles. The zero-order chi connectivity index (χ0) is 19.3. The van der Waals surface area contributed by atoms with Gasteiger partial charge >= 0.3 is 0 Å². The highest BCUT2D eigenvalue weighted by atomic mass is 35.5. The molecule has 0 aliphatic carbocycles. The van der Waals surface area contributed by atoms with Gasteiger partial charge in [0.2, 0.25) is 10.0 Å². The highest BCUT2D eigenvalue weighted by Crippen LogP contribution is 2.24. The second-order valence-electron chi connectivity index (χ2n) is 5.90. The molecule has 0 aliphatic rings. The predicted molar refractivity (Wildman–Crippen MR) is 106 cm³/mol. The summed E-state index contributed by atoms with van der Waals surface area (Å²) >= 11 is 6.05. The molecule has 2 aromatic carbocycles. The summed E-state index contributed by atoms with van der Waals surface area (Å²) in [6.45, 7) is 2.66. The lowest BCUT2D eigenvalue weighted by Gasteiger charge is -2.09. The van der Waals surface area contributed by atoms with Crippen molar-refractivity contribution < 1.29 is 13.2 Å². The normalized spacial score (nSPS) is 11.5. The third-order valence-corrected chi connectivity index (χ3v) is 5.60. The topological polar surface area (TPSA) is 84.1 Å². The quantitative estimate of drug-likeness (QED) is 0.597. The molecule has 6 nitrogen and oxygen atoms in total. The Morgan fingerprint density at radius 1 is 1.11 bits per heavy atom. The van der Waals surface area contributed by atoms with E-state index in [0.717, 1.165) is 22.6 Å². The molecule has 0 radical (unpaired) electrons. The summed E-state index contributed by atoms with van der Waals surface area (Å²) in [7, 11) is -3.54. The number of H-pyrrole nitrogens is 1. The maximum atomic E-state index is 12.4. The van der Waals surface area contributed by atoms with Crippen LogP contribution in [0.2, 0.25) is 5.02 Å². The fourth-order valence-corrected chi connectivity index (χ4v) is 4.06. The van der Waals surface area contributed by atoms with E-state index >= 15 is 0 Å². The molecular formula is C19H20ClN3O3S. The minimum atomic E-state index is -3.54. The molecular weight excluding hydrogens is 386 g/mol. The van der Waals surface area contributed by atoms with Crippen LogP contribution in [0, 0.1) is 0 Å². The maximum absolute atomic E-state index is 12.4. The number of hydrogen-bond donors (Lipinski definition) is 2. The molecule has 0 aliphatic heterocycles. The average molecular weight is 406 g/mol. The second kappa shape index (κ2) is 8.56. The van der Waals surface area contributed by atoms with Gasteiger partial charge in [-0.15, -0.1) is 0 Å². The Labute approximate surface area is 163 Å². The second-order valence-corrected chi connectivity index (χ2v) is 8.11. The number of aromatic amines is 1. The molecule has 2 N–H and O–H groups in total. The van der Waals surface area contributed by atoms with E-state index in [2.05, 4.69) is 14.9 Å². The monoisotopic (exact) mass is 405 g/mol. The number of aromatic nitrogens is 2. The van der Waals surface area contributed by atoms with Gasteiger partial charge in [-0.25, -0.2) is 13.1 Å². The largest absolute Gasteiger partial charge is 0.494 e. The average Bonchev–Trinajstić information content (AvgIpc) is 3.12. The number of rotatable bonds is 8. The van der Waals surface area contributed by atoms with Crippen LogP contribution in [0.1, 0.15) is 18.1 Å². The first-order chi connectivity index (χ1) is 13.0. The third-order valence-electron chi connectivity index (χ3n) is 3.96. The molecule has 142 valence electrons. The van der Waals surface area contributed by atoms with E-state index in [9.17, 15) is 8.42 Å². The Hall–Kier alpha value is -2.35. The Kier molecular flexibility index (Phi) is 6.15. The SMILES string of the molecule is CCOc1ccc(-c2[nH]ncc2CNS(=O)(=O)Cc2ccccc2Cl)cc1. The molecule has 1 heterocycles. The molecule has 0 saturated heterocycles. The molecule has 0 spiro atoms. The van der Waals surface area contributed by atoms with Crippen molar-refractivity contribution in [2.45, 2.75) is 19.2 Å². The van der Waals surface area contributed by atoms with Crippen molar-refractivity contribution in [3.63, 3.8) is 0 Å². The van der Waals surface area contributed by atoms with E-state index in [1.807, 2.05) is 31.2 Å². The highest BCUT2D eigenvalue weighted by molar-refractivity contribution is 7.88. The van der Waals surface area contributed by atoms with Gasteiger partial charge < -0.3 is 4.74 Å². The standard InChI is InChI=1S/C19H20ClN3O3S/c1-2-26-17-9-7-14(8-10-17)19-16(11-21-23-19)12-22-27(24,25)13-15-5-3-4-6-18(15)20/h3-11,22H,2,12-13H2,1H3,(H,21,23). The molecule has 0 bridgehead atoms. The first-order valence-electron chi connectivity index (χ1n) is 8.44. The smallest absolute Gasteiger partial charge is 0.216 e. The molecule has 0 unspecified atom stereocenters. The summed E-state index contributed by atoms with van der Waals surface area (Å²) in [5, 5.41) is 7.40. The van der Waals surface area contributed by atoms with Crippen molar-refractivity contribution in [3.05, 3.63) is 70.9 Å². The van der Waals surface area contributed by atoms with Crippen LogP contribution < -0.4 is 9.46 Å². The molecule has 0 fully saturated rings. The Morgan fingerprint density at radius 2 is 1.85 bits per heavy atom. The van der Waals surface area contributed by atoms with Crippen LogP contribution in [0.3, 0.4) is 0 Å². The van der Waals surface area contributed by atoms with Crippen molar-refractivity contribution in [2.24, 2.45) is 0 Å². The Morgan fingerprint density at radius 3 is 2.56 bits per heavy atom. The molecule has 27 heavy (non-hydrogen) atoms. The lowest BCUT2D eigenvalue weighted by atomic mass is 10.1. The van der Waals surface area contributed by atoms with Gasteiger partial charge in [-0.05, 0) is 42.8 Å². The molecule has 8 heteroatoms. The van der Waals surface area contributed by atoms with Crippen LogP contribution >= 0.6 is 11.6 Å². The number of nitrogens with one attached hydrogen (secondary N) is 2. The molecule has 0 amide bonds. The van der Waals surface area contributed by atoms with E-state index in [4.69, 9.17) is 16.3 Å². The van der Waals surface area contributed by atoms with Crippen LogP contribution in [-0.4, -0.2) is 25.2 Å². The van der Waals surface area contributed by atoms with Crippen molar-refractivity contribution in [1.82, 2.24) is 14.9 Å². The minimum Gasteiger partial charge on any atom is -0.494 e. The van der Waals surface area contributed by atoms with Crippen molar-refractivity contribution >= 4 is 21.6 Å². The molecule has 0 saturated carbocycles. The molecule has 3 aromatic rings. The number of benzene rings is 2. The zero-order valence-corrected chi connectivity index (χ0v) is 16.3. The van der Waals surface area contributed by atoms with Crippen LogP contribution in [0.5, 0.6) is 5.75 Å². The van der Waals surface area contributed by atoms with Gasteiger partial charge in [0.25, 0.3) is 0 Å². The summed E-state index contributed by atoms with van der Waals surface area (Å²) in [6.07, 6.45) is 1.61. The summed E-state index contributed by atoms with van der Waals surface area (Å²) in [5.41, 5.74) is 2.97. The van der Waals surface area contributed by atoms with Gasteiger partial charge in [-0.3, -0.25) is 5.10 Å². The first kappa shape index (κ1) is 19.4. The van der Waals surface area contributed by atoms with Gasteiger partial charge in [0.1, 0.15) is 5.75 Å². The van der Waals surface area contributed by atoms with E-state index in [-0.39, 0.29) is 12.3 Å². The maximum Gasteiger partial charge on any atom is 0.216 e.